The first-order valence-corrected chi connectivity index (χ1v) is 7.83. The van der Waals surface area contributed by atoms with E-state index in [4.69, 9.17) is 11.5 Å². The van der Waals surface area contributed by atoms with Gasteiger partial charge < -0.3 is 11.5 Å². The number of hydrogen-bond acceptors (Lipinski definition) is 4. The Morgan fingerprint density at radius 1 is 1.30 bits per heavy atom. The smallest absolute Gasteiger partial charge is 0.248 e. The molecule has 1 unspecified atom stereocenters. The van der Waals surface area contributed by atoms with Crippen molar-refractivity contribution in [3.05, 3.63) is 23.8 Å². The van der Waals surface area contributed by atoms with E-state index < -0.39 is 15.9 Å². The number of carbonyl (C=O) groups is 1. The second-order valence-electron chi connectivity index (χ2n) is 5.27. The molecule has 1 amide bonds. The topological polar surface area (TPSA) is 115 Å². The third kappa shape index (κ3) is 4.21. The minimum absolute atomic E-state index is 0.00514. The van der Waals surface area contributed by atoms with E-state index in [1.54, 1.807) is 6.92 Å². The average Bonchev–Trinajstić information content (AvgIpc) is 2.25. The van der Waals surface area contributed by atoms with Crippen LogP contribution >= 0.6 is 0 Å². The van der Waals surface area contributed by atoms with Gasteiger partial charge in [0, 0.05) is 11.6 Å². The minimum atomic E-state index is -3.71. The molecule has 0 saturated heterocycles. The van der Waals surface area contributed by atoms with Gasteiger partial charge in [-0.05, 0) is 37.5 Å². The van der Waals surface area contributed by atoms with E-state index in [1.165, 1.54) is 18.2 Å². The van der Waals surface area contributed by atoms with Crippen LogP contribution in [-0.4, -0.2) is 20.4 Å². The Morgan fingerprint density at radius 3 is 2.35 bits per heavy atom. The maximum Gasteiger partial charge on any atom is 0.248 e. The zero-order valence-electron chi connectivity index (χ0n) is 11.9. The van der Waals surface area contributed by atoms with Gasteiger partial charge in [0.2, 0.25) is 15.9 Å². The summed E-state index contributed by atoms with van der Waals surface area (Å²) in [6.07, 6.45) is 0.721. The Morgan fingerprint density at radius 2 is 1.90 bits per heavy atom. The van der Waals surface area contributed by atoms with Crippen LogP contribution < -0.4 is 16.2 Å². The van der Waals surface area contributed by atoms with Crippen LogP contribution in [0.3, 0.4) is 0 Å². The standard InChI is InChI=1S/C13H21N3O3S/c1-8(2)6-9(3)16-20(18,19)12-5-4-10(13(15)17)7-11(12)14/h4-5,7-9,16H,6,14H2,1-3H3,(H2,15,17). The number of rotatable bonds is 6. The van der Waals surface area contributed by atoms with Crippen LogP contribution in [0.25, 0.3) is 0 Å². The molecule has 1 aromatic rings. The molecule has 0 radical (unpaired) electrons. The van der Waals surface area contributed by atoms with E-state index in [1.807, 2.05) is 13.8 Å². The molecule has 1 atom stereocenters. The number of nitrogens with two attached hydrogens (primary N) is 2. The van der Waals surface area contributed by atoms with E-state index in [0.717, 1.165) is 6.42 Å². The van der Waals surface area contributed by atoms with Crippen LogP contribution in [0, 0.1) is 5.92 Å². The summed E-state index contributed by atoms with van der Waals surface area (Å²) in [5, 5.41) is 0. The highest BCUT2D eigenvalue weighted by molar-refractivity contribution is 7.89. The van der Waals surface area contributed by atoms with Crippen molar-refractivity contribution < 1.29 is 13.2 Å². The van der Waals surface area contributed by atoms with Gasteiger partial charge in [0.15, 0.2) is 0 Å². The van der Waals surface area contributed by atoms with Crippen molar-refractivity contribution in [1.82, 2.24) is 4.72 Å². The van der Waals surface area contributed by atoms with Crippen LogP contribution in [0.5, 0.6) is 0 Å². The van der Waals surface area contributed by atoms with Crippen LogP contribution in [0.1, 0.15) is 37.6 Å². The lowest BCUT2D eigenvalue weighted by atomic mass is 10.1. The Bertz CT molecular complexity index is 597. The molecule has 0 spiro atoms. The summed E-state index contributed by atoms with van der Waals surface area (Å²) in [5.74, 6) is -0.274. The number of carbonyl (C=O) groups excluding carboxylic acids is 1. The molecule has 0 aromatic heterocycles. The number of benzene rings is 1. The molecule has 1 rings (SSSR count). The molecule has 6 nitrogen and oxygen atoms in total. The first-order valence-electron chi connectivity index (χ1n) is 6.35. The lowest BCUT2D eigenvalue weighted by molar-refractivity contribution is 0.1000. The SMILES string of the molecule is CC(C)CC(C)NS(=O)(=O)c1ccc(C(N)=O)cc1N. The van der Waals surface area contributed by atoms with Crippen molar-refractivity contribution in [2.75, 3.05) is 5.73 Å². The molecule has 1 aromatic carbocycles. The van der Waals surface area contributed by atoms with E-state index in [9.17, 15) is 13.2 Å². The summed E-state index contributed by atoms with van der Waals surface area (Å²) in [5.41, 5.74) is 11.0. The number of primary amides is 1. The first kappa shape index (κ1) is 16.5. The summed E-state index contributed by atoms with van der Waals surface area (Å²) < 4.78 is 27.0. The fraction of sp³-hybridized carbons (Fsp3) is 0.462. The molecule has 5 N–H and O–H groups in total. The lowest BCUT2D eigenvalue weighted by Crippen LogP contribution is -2.34. The highest BCUT2D eigenvalue weighted by atomic mass is 32.2. The Balaban J connectivity index is 3.01. The van der Waals surface area contributed by atoms with Crippen LogP contribution in [-0.2, 0) is 10.0 Å². The maximum absolute atomic E-state index is 12.2. The van der Waals surface area contributed by atoms with Gasteiger partial charge in [-0.25, -0.2) is 13.1 Å². The number of nitrogens with one attached hydrogen (secondary N) is 1. The quantitative estimate of drug-likeness (QED) is 0.682. The van der Waals surface area contributed by atoms with Crippen molar-refractivity contribution in [3.8, 4) is 0 Å². The van der Waals surface area contributed by atoms with E-state index in [2.05, 4.69) is 4.72 Å². The number of hydrogen-bond donors (Lipinski definition) is 3. The van der Waals surface area contributed by atoms with Gasteiger partial charge in [-0.1, -0.05) is 13.8 Å². The van der Waals surface area contributed by atoms with Crippen molar-refractivity contribution in [2.24, 2.45) is 11.7 Å². The van der Waals surface area contributed by atoms with Crippen molar-refractivity contribution in [1.29, 1.82) is 0 Å². The van der Waals surface area contributed by atoms with Crippen LogP contribution in [0.4, 0.5) is 5.69 Å². The van der Waals surface area contributed by atoms with E-state index in [-0.39, 0.29) is 22.2 Å². The van der Waals surface area contributed by atoms with E-state index in [0.29, 0.717) is 5.92 Å². The molecule has 112 valence electrons. The Labute approximate surface area is 119 Å². The number of nitrogen functional groups attached to an aromatic ring is 1. The average molecular weight is 299 g/mol. The fourth-order valence-electron chi connectivity index (χ4n) is 2.03. The summed E-state index contributed by atoms with van der Waals surface area (Å²) in [7, 11) is -3.71. The van der Waals surface area contributed by atoms with E-state index >= 15 is 0 Å². The third-order valence-corrected chi connectivity index (χ3v) is 4.43. The zero-order chi connectivity index (χ0) is 15.5. The summed E-state index contributed by atoms with van der Waals surface area (Å²) in [6.45, 7) is 5.83. The zero-order valence-corrected chi connectivity index (χ0v) is 12.7. The summed E-state index contributed by atoms with van der Waals surface area (Å²) >= 11 is 0. The highest BCUT2D eigenvalue weighted by Crippen LogP contribution is 2.20. The molecule has 0 aliphatic carbocycles. The molecule has 0 bridgehead atoms. The second-order valence-corrected chi connectivity index (χ2v) is 6.95. The van der Waals surface area contributed by atoms with Gasteiger partial charge in [0.05, 0.1) is 5.69 Å². The molecule has 0 heterocycles. The van der Waals surface area contributed by atoms with Crippen molar-refractivity contribution in [2.45, 2.75) is 38.1 Å². The Kier molecular flexibility index (Phi) is 5.13. The number of sulfonamides is 1. The molecule has 0 aliphatic rings. The van der Waals surface area contributed by atoms with Gasteiger partial charge in [0.25, 0.3) is 0 Å². The lowest BCUT2D eigenvalue weighted by Gasteiger charge is -2.17. The third-order valence-electron chi connectivity index (χ3n) is 2.77. The van der Waals surface area contributed by atoms with Gasteiger partial charge >= 0.3 is 0 Å². The van der Waals surface area contributed by atoms with Gasteiger partial charge in [-0.15, -0.1) is 0 Å². The fourth-order valence-corrected chi connectivity index (χ4v) is 3.40. The largest absolute Gasteiger partial charge is 0.398 e. The normalized spacial score (nSPS) is 13.4. The van der Waals surface area contributed by atoms with Crippen LogP contribution in [0.2, 0.25) is 0 Å². The first-order chi connectivity index (χ1) is 9.13. The summed E-state index contributed by atoms with van der Waals surface area (Å²) in [6, 6.07) is 3.71. The molecule has 0 fully saturated rings. The maximum atomic E-state index is 12.2. The van der Waals surface area contributed by atoms with Gasteiger partial charge in [-0.2, -0.15) is 0 Å². The molecular weight excluding hydrogens is 278 g/mol. The molecular formula is C13H21N3O3S. The predicted octanol–water partition coefficient (Wildman–Crippen LogP) is 1.08. The molecule has 0 aliphatic heterocycles. The predicted molar refractivity (Wildman–Crippen MR) is 78.6 cm³/mol. The summed E-state index contributed by atoms with van der Waals surface area (Å²) in [4.78, 5) is 11.0. The minimum Gasteiger partial charge on any atom is -0.398 e. The van der Waals surface area contributed by atoms with Crippen LogP contribution in [0.15, 0.2) is 23.1 Å². The molecule has 20 heavy (non-hydrogen) atoms. The van der Waals surface area contributed by atoms with Gasteiger partial charge in [0.1, 0.15) is 4.90 Å². The molecule has 7 heteroatoms. The highest BCUT2D eigenvalue weighted by Gasteiger charge is 2.21. The van der Waals surface area contributed by atoms with Gasteiger partial charge in [-0.3, -0.25) is 4.79 Å². The molecule has 0 saturated carbocycles. The number of anilines is 1. The second kappa shape index (κ2) is 6.23. The monoisotopic (exact) mass is 299 g/mol. The van der Waals surface area contributed by atoms with Crippen molar-refractivity contribution >= 4 is 21.6 Å². The Hall–Kier alpha value is -1.60. The number of amides is 1. The van der Waals surface area contributed by atoms with Crippen molar-refractivity contribution in [3.63, 3.8) is 0 Å².